The van der Waals surface area contributed by atoms with Crippen molar-refractivity contribution in [3.8, 4) is 0 Å². The SMILES string of the molecule is C=CCC[C@H](C=C)S(C)(=O)=O. The van der Waals surface area contributed by atoms with Crippen molar-refractivity contribution < 1.29 is 8.42 Å². The van der Waals surface area contributed by atoms with Crippen molar-refractivity contribution in [1.29, 1.82) is 0 Å². The minimum atomic E-state index is -2.95. The van der Waals surface area contributed by atoms with Crippen molar-refractivity contribution in [3.63, 3.8) is 0 Å². The molecule has 0 heterocycles. The van der Waals surface area contributed by atoms with Crippen LogP contribution in [0.2, 0.25) is 0 Å². The van der Waals surface area contributed by atoms with Gasteiger partial charge in [-0.2, -0.15) is 0 Å². The summed E-state index contributed by atoms with van der Waals surface area (Å²) in [7, 11) is -2.95. The first kappa shape index (κ1) is 10.4. The van der Waals surface area contributed by atoms with Crippen LogP contribution in [0.1, 0.15) is 12.8 Å². The summed E-state index contributed by atoms with van der Waals surface area (Å²) in [5.41, 5.74) is 0. The second-order valence-electron chi connectivity index (χ2n) is 2.47. The van der Waals surface area contributed by atoms with Gasteiger partial charge < -0.3 is 0 Å². The molecule has 0 spiro atoms. The molecule has 0 saturated carbocycles. The smallest absolute Gasteiger partial charge is 0.153 e. The van der Waals surface area contributed by atoms with Crippen molar-refractivity contribution >= 4 is 9.84 Å². The molecule has 0 aromatic heterocycles. The lowest BCUT2D eigenvalue weighted by atomic mass is 10.2. The highest BCUT2D eigenvalue weighted by Gasteiger charge is 2.14. The standard InChI is InChI=1S/C8H14O2S/c1-4-6-7-8(5-2)11(3,9)10/h4-5,8H,1-2,6-7H2,3H3/t8-/m0/s1. The molecule has 2 nitrogen and oxygen atoms in total. The van der Waals surface area contributed by atoms with Gasteiger partial charge in [0.2, 0.25) is 0 Å². The molecule has 0 amide bonds. The topological polar surface area (TPSA) is 34.1 Å². The molecule has 3 heteroatoms. The van der Waals surface area contributed by atoms with Crippen LogP contribution in [0, 0.1) is 0 Å². The Balaban J connectivity index is 4.18. The molecule has 0 radical (unpaired) electrons. The minimum Gasteiger partial charge on any atom is -0.229 e. The molecule has 0 aromatic rings. The van der Waals surface area contributed by atoms with Crippen LogP contribution in [-0.4, -0.2) is 19.9 Å². The third-order valence-corrected chi connectivity index (χ3v) is 3.00. The zero-order valence-electron chi connectivity index (χ0n) is 6.79. The second-order valence-corrected chi connectivity index (χ2v) is 4.73. The van der Waals surface area contributed by atoms with Gasteiger partial charge in [-0.15, -0.1) is 13.2 Å². The second kappa shape index (κ2) is 4.34. The largest absolute Gasteiger partial charge is 0.229 e. The molecular weight excluding hydrogens is 160 g/mol. The van der Waals surface area contributed by atoms with E-state index in [-0.39, 0.29) is 0 Å². The number of sulfone groups is 1. The Morgan fingerprint density at radius 1 is 1.45 bits per heavy atom. The fraction of sp³-hybridized carbons (Fsp3) is 0.500. The highest BCUT2D eigenvalue weighted by molar-refractivity contribution is 7.91. The van der Waals surface area contributed by atoms with E-state index in [1.807, 2.05) is 0 Å². The third kappa shape index (κ3) is 3.98. The zero-order chi connectivity index (χ0) is 8.91. The number of hydrogen-bond donors (Lipinski definition) is 0. The normalized spacial score (nSPS) is 13.9. The van der Waals surface area contributed by atoms with Gasteiger partial charge in [-0.3, -0.25) is 0 Å². The Morgan fingerprint density at radius 2 is 2.00 bits per heavy atom. The van der Waals surface area contributed by atoms with Crippen LogP contribution in [0.5, 0.6) is 0 Å². The molecule has 11 heavy (non-hydrogen) atoms. The molecule has 0 N–H and O–H groups in total. The Kier molecular flexibility index (Phi) is 4.11. The molecule has 0 rings (SSSR count). The molecular formula is C8H14O2S. The van der Waals surface area contributed by atoms with Gasteiger partial charge in [0, 0.05) is 6.26 Å². The van der Waals surface area contributed by atoms with Gasteiger partial charge in [-0.25, -0.2) is 8.42 Å². The van der Waals surface area contributed by atoms with E-state index in [0.29, 0.717) is 12.8 Å². The third-order valence-electron chi connectivity index (χ3n) is 1.47. The maximum atomic E-state index is 11.0. The van der Waals surface area contributed by atoms with Gasteiger partial charge >= 0.3 is 0 Å². The van der Waals surface area contributed by atoms with Crippen LogP contribution < -0.4 is 0 Å². The highest BCUT2D eigenvalue weighted by Crippen LogP contribution is 2.08. The molecule has 64 valence electrons. The molecule has 0 aliphatic carbocycles. The lowest BCUT2D eigenvalue weighted by molar-refractivity contribution is 0.590. The number of rotatable bonds is 5. The Labute approximate surface area is 68.5 Å². The molecule has 0 saturated heterocycles. The van der Waals surface area contributed by atoms with Crippen LogP contribution in [-0.2, 0) is 9.84 Å². The molecule has 1 atom stereocenters. The Bertz CT molecular complexity index is 226. The zero-order valence-corrected chi connectivity index (χ0v) is 7.60. The summed E-state index contributed by atoms with van der Waals surface area (Å²) in [5, 5.41) is -0.416. The van der Waals surface area contributed by atoms with E-state index >= 15 is 0 Å². The first-order valence-electron chi connectivity index (χ1n) is 3.44. The summed E-state index contributed by atoms with van der Waals surface area (Å²) in [4.78, 5) is 0. The highest BCUT2D eigenvalue weighted by atomic mass is 32.2. The van der Waals surface area contributed by atoms with Crippen molar-refractivity contribution in [2.45, 2.75) is 18.1 Å². The average Bonchev–Trinajstić information content (AvgIpc) is 1.87. The van der Waals surface area contributed by atoms with Crippen LogP contribution in [0.4, 0.5) is 0 Å². The van der Waals surface area contributed by atoms with E-state index < -0.39 is 15.1 Å². The first-order chi connectivity index (χ1) is 5.02. The molecule has 0 aliphatic rings. The molecule has 0 fully saturated rings. The Morgan fingerprint density at radius 3 is 2.27 bits per heavy atom. The van der Waals surface area contributed by atoms with Crippen molar-refractivity contribution in [2.75, 3.05) is 6.26 Å². The summed E-state index contributed by atoms with van der Waals surface area (Å²) in [6, 6.07) is 0. The average molecular weight is 174 g/mol. The summed E-state index contributed by atoms with van der Waals surface area (Å²) in [6.07, 6.45) is 5.71. The predicted octanol–water partition coefficient (Wildman–Crippen LogP) is 1.55. The number of allylic oxidation sites excluding steroid dienone is 1. The fourth-order valence-corrected chi connectivity index (χ4v) is 1.70. The quantitative estimate of drug-likeness (QED) is 0.593. The van der Waals surface area contributed by atoms with Crippen LogP contribution in [0.15, 0.2) is 25.3 Å². The van der Waals surface area contributed by atoms with E-state index in [2.05, 4.69) is 13.2 Å². The van der Waals surface area contributed by atoms with Gasteiger partial charge in [0.25, 0.3) is 0 Å². The minimum absolute atomic E-state index is 0.416. The molecule has 0 aromatic carbocycles. The molecule has 0 unspecified atom stereocenters. The summed E-state index contributed by atoms with van der Waals surface area (Å²) < 4.78 is 21.9. The summed E-state index contributed by atoms with van der Waals surface area (Å²) in [5.74, 6) is 0. The van der Waals surface area contributed by atoms with Gasteiger partial charge in [0.1, 0.15) is 0 Å². The summed E-state index contributed by atoms with van der Waals surface area (Å²) >= 11 is 0. The van der Waals surface area contributed by atoms with Crippen LogP contribution >= 0.6 is 0 Å². The lowest BCUT2D eigenvalue weighted by Gasteiger charge is -2.07. The van der Waals surface area contributed by atoms with Crippen molar-refractivity contribution in [1.82, 2.24) is 0 Å². The van der Waals surface area contributed by atoms with E-state index in [1.54, 1.807) is 6.08 Å². The van der Waals surface area contributed by atoms with E-state index in [4.69, 9.17) is 0 Å². The predicted molar refractivity (Wildman–Crippen MR) is 48.3 cm³/mol. The van der Waals surface area contributed by atoms with E-state index in [0.717, 1.165) is 0 Å². The monoisotopic (exact) mass is 174 g/mol. The Hall–Kier alpha value is -0.570. The van der Waals surface area contributed by atoms with Crippen molar-refractivity contribution in [3.05, 3.63) is 25.3 Å². The van der Waals surface area contributed by atoms with Gasteiger partial charge in [0.05, 0.1) is 5.25 Å². The van der Waals surface area contributed by atoms with Crippen LogP contribution in [0.3, 0.4) is 0 Å². The van der Waals surface area contributed by atoms with Gasteiger partial charge in [0.15, 0.2) is 9.84 Å². The number of hydrogen-bond acceptors (Lipinski definition) is 2. The first-order valence-corrected chi connectivity index (χ1v) is 5.40. The lowest BCUT2D eigenvalue weighted by Crippen LogP contribution is -2.16. The van der Waals surface area contributed by atoms with Crippen molar-refractivity contribution in [2.24, 2.45) is 0 Å². The summed E-state index contributed by atoms with van der Waals surface area (Å²) in [6.45, 7) is 6.99. The van der Waals surface area contributed by atoms with Gasteiger partial charge in [-0.1, -0.05) is 12.2 Å². The molecule has 0 bridgehead atoms. The van der Waals surface area contributed by atoms with E-state index in [9.17, 15) is 8.42 Å². The maximum Gasteiger partial charge on any atom is 0.153 e. The molecule has 0 aliphatic heterocycles. The maximum absolute atomic E-state index is 11.0. The van der Waals surface area contributed by atoms with Gasteiger partial charge in [-0.05, 0) is 12.8 Å². The van der Waals surface area contributed by atoms with Crippen LogP contribution in [0.25, 0.3) is 0 Å². The fourth-order valence-electron chi connectivity index (χ4n) is 0.789. The van der Waals surface area contributed by atoms with E-state index in [1.165, 1.54) is 12.3 Å².